The molecule has 1 unspecified atom stereocenters. The fourth-order valence-corrected chi connectivity index (χ4v) is 2.31. The Bertz CT molecular complexity index is 116. The summed E-state index contributed by atoms with van der Waals surface area (Å²) in [5, 5.41) is 0. The molecule has 1 aliphatic carbocycles. The van der Waals surface area contributed by atoms with Crippen molar-refractivity contribution in [3.8, 4) is 0 Å². The van der Waals surface area contributed by atoms with Crippen LogP contribution in [0.4, 0.5) is 0 Å². The van der Waals surface area contributed by atoms with E-state index in [2.05, 4.69) is 13.8 Å². The fourth-order valence-electron chi connectivity index (χ4n) is 2.31. The first-order valence-electron chi connectivity index (χ1n) is 4.93. The predicted molar refractivity (Wildman–Crippen MR) is 49.5 cm³/mol. The summed E-state index contributed by atoms with van der Waals surface area (Å²) in [7, 11) is 0. The second-order valence-electron chi connectivity index (χ2n) is 4.41. The van der Waals surface area contributed by atoms with Crippen molar-refractivity contribution in [2.45, 2.75) is 57.9 Å². The van der Waals surface area contributed by atoms with Gasteiger partial charge in [0, 0.05) is 5.54 Å². The Kier molecular flexibility index (Phi) is 2.94. The van der Waals surface area contributed by atoms with E-state index < -0.39 is 0 Å². The van der Waals surface area contributed by atoms with Gasteiger partial charge in [-0.15, -0.1) is 0 Å². The van der Waals surface area contributed by atoms with Crippen LogP contribution in [0.2, 0.25) is 0 Å². The van der Waals surface area contributed by atoms with Gasteiger partial charge in [0.1, 0.15) is 0 Å². The number of nitrogens with two attached hydrogens (primary N) is 1. The van der Waals surface area contributed by atoms with E-state index in [1.54, 1.807) is 0 Å². The molecule has 0 spiro atoms. The Morgan fingerprint density at radius 1 is 1.55 bits per heavy atom. The van der Waals surface area contributed by atoms with E-state index >= 15 is 0 Å². The van der Waals surface area contributed by atoms with E-state index in [0.29, 0.717) is 0 Å². The molecular formula is C10H21N. The van der Waals surface area contributed by atoms with Crippen molar-refractivity contribution in [3.05, 3.63) is 0 Å². The number of hydrogen-bond donors (Lipinski definition) is 1. The smallest absolute Gasteiger partial charge is 0.0128 e. The predicted octanol–water partition coefficient (Wildman–Crippen LogP) is 2.69. The molecule has 1 aliphatic rings. The summed E-state index contributed by atoms with van der Waals surface area (Å²) >= 11 is 0. The zero-order chi connectivity index (χ0) is 8.32. The quantitative estimate of drug-likeness (QED) is 0.652. The molecule has 1 rings (SSSR count). The van der Waals surface area contributed by atoms with Gasteiger partial charge < -0.3 is 5.73 Å². The molecule has 0 aromatic heterocycles. The van der Waals surface area contributed by atoms with Gasteiger partial charge in [0.15, 0.2) is 0 Å². The monoisotopic (exact) mass is 155 g/mol. The van der Waals surface area contributed by atoms with Crippen molar-refractivity contribution in [2.75, 3.05) is 0 Å². The van der Waals surface area contributed by atoms with Crippen molar-refractivity contribution < 1.29 is 0 Å². The van der Waals surface area contributed by atoms with E-state index in [4.69, 9.17) is 5.73 Å². The highest BCUT2D eigenvalue weighted by atomic mass is 14.7. The molecule has 0 amide bonds. The average Bonchev–Trinajstić information content (AvgIpc) is 1.85. The average molecular weight is 155 g/mol. The molecule has 0 aliphatic heterocycles. The van der Waals surface area contributed by atoms with E-state index in [1.165, 1.54) is 38.5 Å². The molecule has 1 nitrogen and oxygen atoms in total. The number of rotatable bonds is 2. The first kappa shape index (κ1) is 9.05. The van der Waals surface area contributed by atoms with Crippen molar-refractivity contribution in [1.29, 1.82) is 0 Å². The fraction of sp³-hybridized carbons (Fsp3) is 1.00. The van der Waals surface area contributed by atoms with Gasteiger partial charge in [-0.2, -0.15) is 0 Å². The summed E-state index contributed by atoms with van der Waals surface area (Å²) in [4.78, 5) is 0. The maximum atomic E-state index is 6.10. The van der Waals surface area contributed by atoms with Crippen LogP contribution in [0.5, 0.6) is 0 Å². The third-order valence-corrected chi connectivity index (χ3v) is 2.81. The van der Waals surface area contributed by atoms with E-state index in [-0.39, 0.29) is 5.54 Å². The van der Waals surface area contributed by atoms with Crippen molar-refractivity contribution in [3.63, 3.8) is 0 Å². The maximum Gasteiger partial charge on any atom is 0.0128 e. The summed E-state index contributed by atoms with van der Waals surface area (Å²) in [6, 6.07) is 0. The van der Waals surface area contributed by atoms with Crippen molar-refractivity contribution in [1.82, 2.24) is 0 Å². The summed E-state index contributed by atoms with van der Waals surface area (Å²) in [5.41, 5.74) is 6.25. The van der Waals surface area contributed by atoms with Gasteiger partial charge in [-0.25, -0.2) is 0 Å². The van der Waals surface area contributed by atoms with Gasteiger partial charge in [0.2, 0.25) is 0 Å². The zero-order valence-electron chi connectivity index (χ0n) is 7.90. The van der Waals surface area contributed by atoms with Crippen LogP contribution < -0.4 is 5.73 Å². The Morgan fingerprint density at radius 2 is 2.27 bits per heavy atom. The first-order valence-corrected chi connectivity index (χ1v) is 4.93. The van der Waals surface area contributed by atoms with Crippen LogP contribution in [-0.2, 0) is 0 Å². The highest BCUT2D eigenvalue weighted by Gasteiger charge is 2.27. The molecule has 2 atom stereocenters. The van der Waals surface area contributed by atoms with Gasteiger partial charge in [0.05, 0.1) is 0 Å². The maximum absolute atomic E-state index is 6.10. The Balaban J connectivity index is 2.34. The lowest BCUT2D eigenvalue weighted by Gasteiger charge is -2.34. The molecule has 11 heavy (non-hydrogen) atoms. The van der Waals surface area contributed by atoms with Gasteiger partial charge in [-0.05, 0) is 25.7 Å². The molecule has 0 aromatic rings. The Hall–Kier alpha value is -0.0400. The normalized spacial score (nSPS) is 39.0. The van der Waals surface area contributed by atoms with Crippen LogP contribution >= 0.6 is 0 Å². The standard InChI is InChI=1S/C10H21N/c1-3-5-9-6-4-7-10(2,11)8-9/h9H,3-8,11H2,1-2H3/t9-,10?/m1/s1. The highest BCUT2D eigenvalue weighted by molar-refractivity contribution is 4.86. The van der Waals surface area contributed by atoms with Crippen molar-refractivity contribution >= 4 is 0 Å². The molecule has 0 bridgehead atoms. The second kappa shape index (κ2) is 3.57. The van der Waals surface area contributed by atoms with E-state index in [0.717, 1.165) is 5.92 Å². The summed E-state index contributed by atoms with van der Waals surface area (Å²) < 4.78 is 0. The van der Waals surface area contributed by atoms with Crippen LogP contribution in [0.3, 0.4) is 0 Å². The van der Waals surface area contributed by atoms with Gasteiger partial charge in [-0.1, -0.05) is 32.6 Å². The minimum atomic E-state index is 0.151. The SMILES string of the molecule is CCC[C@@H]1CCCC(C)(N)C1. The molecule has 1 fully saturated rings. The molecule has 2 N–H and O–H groups in total. The van der Waals surface area contributed by atoms with Crippen LogP contribution in [0.25, 0.3) is 0 Å². The zero-order valence-corrected chi connectivity index (χ0v) is 7.90. The molecule has 1 saturated carbocycles. The first-order chi connectivity index (χ1) is 5.14. The minimum Gasteiger partial charge on any atom is -0.325 e. The molecule has 0 saturated heterocycles. The minimum absolute atomic E-state index is 0.151. The Morgan fingerprint density at radius 3 is 2.82 bits per heavy atom. The molecule has 0 heterocycles. The molecule has 0 radical (unpaired) electrons. The third kappa shape index (κ3) is 2.82. The van der Waals surface area contributed by atoms with Crippen LogP contribution in [0.15, 0.2) is 0 Å². The largest absolute Gasteiger partial charge is 0.325 e. The van der Waals surface area contributed by atoms with Crippen LogP contribution in [-0.4, -0.2) is 5.54 Å². The molecule has 1 heteroatoms. The summed E-state index contributed by atoms with van der Waals surface area (Å²) in [5.74, 6) is 0.920. The third-order valence-electron chi connectivity index (χ3n) is 2.81. The molecule has 66 valence electrons. The molecule has 0 aromatic carbocycles. The highest BCUT2D eigenvalue weighted by Crippen LogP contribution is 2.32. The summed E-state index contributed by atoms with van der Waals surface area (Å²) in [6.07, 6.45) is 7.94. The van der Waals surface area contributed by atoms with Crippen LogP contribution in [0.1, 0.15) is 52.4 Å². The number of hydrogen-bond acceptors (Lipinski definition) is 1. The van der Waals surface area contributed by atoms with Gasteiger partial charge in [0.25, 0.3) is 0 Å². The topological polar surface area (TPSA) is 26.0 Å². The van der Waals surface area contributed by atoms with Gasteiger partial charge in [-0.3, -0.25) is 0 Å². The van der Waals surface area contributed by atoms with Gasteiger partial charge >= 0.3 is 0 Å². The lowest BCUT2D eigenvalue weighted by molar-refractivity contribution is 0.231. The molecular weight excluding hydrogens is 134 g/mol. The van der Waals surface area contributed by atoms with Crippen LogP contribution in [0, 0.1) is 5.92 Å². The Labute approximate surface area is 70.4 Å². The second-order valence-corrected chi connectivity index (χ2v) is 4.41. The lowest BCUT2D eigenvalue weighted by atomic mass is 9.76. The lowest BCUT2D eigenvalue weighted by Crippen LogP contribution is -2.40. The van der Waals surface area contributed by atoms with E-state index in [9.17, 15) is 0 Å². The summed E-state index contributed by atoms with van der Waals surface area (Å²) in [6.45, 7) is 4.47. The van der Waals surface area contributed by atoms with Crippen molar-refractivity contribution in [2.24, 2.45) is 11.7 Å². The van der Waals surface area contributed by atoms with E-state index in [1.807, 2.05) is 0 Å².